The van der Waals surface area contributed by atoms with E-state index in [1.54, 1.807) is 11.8 Å². The van der Waals surface area contributed by atoms with E-state index in [4.69, 9.17) is 9.47 Å². The summed E-state index contributed by atoms with van der Waals surface area (Å²) in [5.41, 5.74) is -0.483. The molecule has 0 atom stereocenters. The molecule has 0 aromatic heterocycles. The van der Waals surface area contributed by atoms with Gasteiger partial charge >= 0.3 is 12.2 Å². The summed E-state index contributed by atoms with van der Waals surface area (Å²) in [4.78, 5) is 24.9. The van der Waals surface area contributed by atoms with Crippen LogP contribution in [0, 0.1) is 0 Å². The summed E-state index contributed by atoms with van der Waals surface area (Å²) in [6.45, 7) is 13.2. The molecule has 7 nitrogen and oxygen atoms in total. The van der Waals surface area contributed by atoms with Crippen molar-refractivity contribution >= 4 is 12.2 Å². The first-order chi connectivity index (χ1) is 10.7. The molecule has 0 unspecified atom stereocenters. The third-order valence-corrected chi connectivity index (χ3v) is 3.24. The van der Waals surface area contributed by atoms with Gasteiger partial charge in [-0.05, 0) is 40.5 Å². The van der Waals surface area contributed by atoms with Crippen LogP contribution in [0.25, 0.3) is 0 Å². The van der Waals surface area contributed by atoms with Gasteiger partial charge in [0.2, 0.25) is 0 Å². The van der Waals surface area contributed by atoms with Crippen LogP contribution in [-0.4, -0.2) is 54.9 Å². The summed E-state index contributed by atoms with van der Waals surface area (Å²) in [6, 6.07) is 0.337. The van der Waals surface area contributed by atoms with Crippen molar-refractivity contribution in [2.45, 2.75) is 52.2 Å². The number of allylic oxidation sites excluding steroid dienone is 1. The van der Waals surface area contributed by atoms with Gasteiger partial charge in [-0.1, -0.05) is 6.58 Å². The van der Waals surface area contributed by atoms with Crippen LogP contribution in [0.1, 0.15) is 40.5 Å². The van der Waals surface area contributed by atoms with E-state index in [1.807, 2.05) is 20.8 Å². The Morgan fingerprint density at radius 3 is 2.35 bits per heavy atom. The Balaban J connectivity index is 2.14. The predicted molar refractivity (Wildman–Crippen MR) is 88.1 cm³/mol. The van der Waals surface area contributed by atoms with Gasteiger partial charge in [0.15, 0.2) is 0 Å². The minimum absolute atomic E-state index is 0.331. The quantitative estimate of drug-likeness (QED) is 0.598. The second-order valence-electron chi connectivity index (χ2n) is 6.71. The highest BCUT2D eigenvalue weighted by Gasteiger charge is 2.23. The van der Waals surface area contributed by atoms with Crippen molar-refractivity contribution < 1.29 is 19.1 Å². The Hall–Kier alpha value is -1.76. The lowest BCUT2D eigenvalue weighted by molar-refractivity contribution is 0.0527. The van der Waals surface area contributed by atoms with Crippen molar-refractivity contribution in [2.75, 3.05) is 26.2 Å². The van der Waals surface area contributed by atoms with Gasteiger partial charge in [-0.15, -0.1) is 0 Å². The van der Waals surface area contributed by atoms with Gasteiger partial charge in [-0.3, -0.25) is 0 Å². The molecule has 1 aliphatic heterocycles. The lowest BCUT2D eigenvalue weighted by Gasteiger charge is -2.31. The van der Waals surface area contributed by atoms with Crippen LogP contribution in [-0.2, 0) is 9.47 Å². The molecule has 0 aliphatic carbocycles. The number of hydrogen-bond acceptors (Lipinski definition) is 5. The van der Waals surface area contributed by atoms with Gasteiger partial charge < -0.3 is 25.0 Å². The number of carbonyl (C=O) groups is 2. The number of hydrogen-bond donors (Lipinski definition) is 2. The van der Waals surface area contributed by atoms with Crippen molar-refractivity contribution in [2.24, 2.45) is 0 Å². The fourth-order valence-corrected chi connectivity index (χ4v) is 2.23. The maximum atomic E-state index is 11.7. The van der Waals surface area contributed by atoms with Crippen LogP contribution in [0.15, 0.2) is 12.3 Å². The van der Waals surface area contributed by atoms with E-state index < -0.39 is 11.7 Å². The van der Waals surface area contributed by atoms with Gasteiger partial charge in [0.1, 0.15) is 5.60 Å². The molecule has 1 aliphatic rings. The van der Waals surface area contributed by atoms with Gasteiger partial charge in [0.25, 0.3) is 0 Å². The van der Waals surface area contributed by atoms with Crippen molar-refractivity contribution in [3.63, 3.8) is 0 Å². The van der Waals surface area contributed by atoms with Crippen LogP contribution < -0.4 is 10.6 Å². The predicted octanol–water partition coefficient (Wildman–Crippen LogP) is 2.24. The molecule has 1 fully saturated rings. The van der Waals surface area contributed by atoms with Crippen LogP contribution in [0.4, 0.5) is 9.59 Å². The fourth-order valence-electron chi connectivity index (χ4n) is 2.23. The van der Waals surface area contributed by atoms with Crippen LogP contribution in [0.3, 0.4) is 0 Å². The molecule has 0 spiro atoms. The molecule has 1 rings (SSSR count). The average molecular weight is 327 g/mol. The summed E-state index contributed by atoms with van der Waals surface area (Å²) in [7, 11) is 0. The van der Waals surface area contributed by atoms with Crippen molar-refractivity contribution in [3.8, 4) is 0 Å². The normalized spacial score (nSPS) is 15.9. The highest BCUT2D eigenvalue weighted by atomic mass is 16.6. The Bertz CT molecular complexity index is 424. The minimum atomic E-state index is -0.483. The number of ether oxygens (including phenoxy) is 2. The zero-order valence-electron chi connectivity index (χ0n) is 14.6. The number of rotatable bonds is 5. The molecule has 1 saturated heterocycles. The number of amides is 2. The molecule has 1 heterocycles. The molecule has 7 heteroatoms. The summed E-state index contributed by atoms with van der Waals surface area (Å²) in [5, 5.41) is 6.08. The second-order valence-corrected chi connectivity index (χ2v) is 6.71. The monoisotopic (exact) mass is 327 g/mol. The van der Waals surface area contributed by atoms with Crippen LogP contribution in [0.5, 0.6) is 0 Å². The molecule has 2 amide bonds. The number of piperidine rings is 1. The highest BCUT2D eigenvalue weighted by Crippen LogP contribution is 2.12. The molecule has 0 bridgehead atoms. The zero-order valence-corrected chi connectivity index (χ0v) is 14.6. The third-order valence-electron chi connectivity index (χ3n) is 3.24. The lowest BCUT2D eigenvalue weighted by Crippen LogP contribution is -2.46. The number of nitrogens with zero attached hydrogens (tertiary/aromatic N) is 1. The lowest BCUT2D eigenvalue weighted by atomic mass is 10.1. The largest absolute Gasteiger partial charge is 0.444 e. The van der Waals surface area contributed by atoms with Gasteiger partial charge in [0, 0.05) is 32.2 Å². The summed E-state index contributed by atoms with van der Waals surface area (Å²) >= 11 is 0. The minimum Gasteiger partial charge on any atom is -0.444 e. The van der Waals surface area contributed by atoms with E-state index in [0.29, 0.717) is 38.0 Å². The summed E-state index contributed by atoms with van der Waals surface area (Å²) < 4.78 is 10.2. The van der Waals surface area contributed by atoms with E-state index in [2.05, 4.69) is 17.2 Å². The van der Waals surface area contributed by atoms with Crippen molar-refractivity contribution in [1.82, 2.24) is 15.5 Å². The van der Waals surface area contributed by atoms with E-state index in [0.717, 1.165) is 12.8 Å². The molecule has 0 aromatic rings. The molecule has 2 N–H and O–H groups in total. The average Bonchev–Trinajstić information content (AvgIpc) is 2.41. The topological polar surface area (TPSA) is 79.9 Å². The van der Waals surface area contributed by atoms with E-state index in [-0.39, 0.29) is 6.09 Å². The smallest absolute Gasteiger partial charge is 0.414 e. The number of alkyl carbamates (subject to hydrolysis) is 1. The van der Waals surface area contributed by atoms with Crippen molar-refractivity contribution in [3.05, 3.63) is 12.3 Å². The molecule has 23 heavy (non-hydrogen) atoms. The number of nitrogens with one attached hydrogen (secondary N) is 2. The Labute approximate surface area is 138 Å². The SMILES string of the molecule is C=C(C)OC(=O)N1CCC(NCCNC(=O)OC(C)(C)C)CC1. The second kappa shape index (κ2) is 8.76. The van der Waals surface area contributed by atoms with Gasteiger partial charge in [-0.2, -0.15) is 0 Å². The summed E-state index contributed by atoms with van der Waals surface area (Å²) in [6.07, 6.45) is 0.981. The molecule has 132 valence electrons. The summed E-state index contributed by atoms with van der Waals surface area (Å²) in [5.74, 6) is 0.406. The fraction of sp³-hybridized carbons (Fsp3) is 0.750. The highest BCUT2D eigenvalue weighted by molar-refractivity contribution is 5.68. The Kier molecular flexibility index (Phi) is 7.35. The Morgan fingerprint density at radius 1 is 1.22 bits per heavy atom. The first-order valence-corrected chi connectivity index (χ1v) is 8.00. The zero-order chi connectivity index (χ0) is 17.5. The van der Waals surface area contributed by atoms with Gasteiger partial charge in [-0.25, -0.2) is 9.59 Å². The van der Waals surface area contributed by atoms with E-state index >= 15 is 0 Å². The van der Waals surface area contributed by atoms with E-state index in [9.17, 15) is 9.59 Å². The molecule has 0 radical (unpaired) electrons. The maximum absolute atomic E-state index is 11.7. The Morgan fingerprint density at radius 2 is 1.83 bits per heavy atom. The van der Waals surface area contributed by atoms with Crippen LogP contribution in [0.2, 0.25) is 0 Å². The molecular formula is C16H29N3O4. The number of carbonyl (C=O) groups excluding carboxylic acids is 2. The molecule has 0 aromatic carbocycles. The standard InChI is InChI=1S/C16H29N3O4/c1-12(2)22-15(21)19-10-6-13(7-11-19)17-8-9-18-14(20)23-16(3,4)5/h13,17H,1,6-11H2,2-5H3,(H,18,20). The maximum Gasteiger partial charge on any atom is 0.414 e. The van der Waals surface area contributed by atoms with Crippen LogP contribution >= 0.6 is 0 Å². The molecular weight excluding hydrogens is 298 g/mol. The van der Waals surface area contributed by atoms with E-state index in [1.165, 1.54) is 0 Å². The molecule has 0 saturated carbocycles. The number of likely N-dealkylation sites (tertiary alicyclic amines) is 1. The third kappa shape index (κ3) is 8.44. The first-order valence-electron chi connectivity index (χ1n) is 8.00. The first kappa shape index (κ1) is 19.3. The van der Waals surface area contributed by atoms with Gasteiger partial charge in [0.05, 0.1) is 5.76 Å². The van der Waals surface area contributed by atoms with Crippen molar-refractivity contribution in [1.29, 1.82) is 0 Å².